The van der Waals surface area contributed by atoms with Gasteiger partial charge in [0.1, 0.15) is 10.0 Å². The van der Waals surface area contributed by atoms with E-state index in [0.717, 1.165) is 50.7 Å². The van der Waals surface area contributed by atoms with Crippen LogP contribution >= 0.6 is 11.3 Å². The Morgan fingerprint density at radius 1 is 0.629 bits per heavy atom. The maximum Gasteiger partial charge on any atom is 0.194 e. The molecule has 4 rings (SSSR count). The van der Waals surface area contributed by atoms with Crippen molar-refractivity contribution in [2.24, 2.45) is 0 Å². The number of nitrogens with zero attached hydrogens (tertiary/aromatic N) is 2. The molecule has 0 amide bonds. The van der Waals surface area contributed by atoms with E-state index in [1.165, 1.54) is 82.6 Å². The van der Waals surface area contributed by atoms with Crippen LogP contribution in [0.5, 0.6) is 0 Å². The maximum absolute atomic E-state index is 13.3. The molecule has 3 nitrogen and oxygen atoms in total. The monoisotopic (exact) mass is 488 g/mol. The van der Waals surface area contributed by atoms with Gasteiger partial charge in [0, 0.05) is 23.1 Å². The highest BCUT2D eigenvalue weighted by atomic mass is 32.1. The highest BCUT2D eigenvalue weighted by Crippen LogP contribution is 2.39. The molecule has 186 valence electrons. The lowest BCUT2D eigenvalue weighted by atomic mass is 9.99. The van der Waals surface area contributed by atoms with Crippen LogP contribution in [0.15, 0.2) is 36.4 Å². The third kappa shape index (κ3) is 6.67. The van der Waals surface area contributed by atoms with Crippen molar-refractivity contribution in [2.45, 2.75) is 104 Å². The summed E-state index contributed by atoms with van der Waals surface area (Å²) in [6, 6.07) is 12.7. The summed E-state index contributed by atoms with van der Waals surface area (Å²) in [6.45, 7) is 4.51. The second-order valence-corrected chi connectivity index (χ2v) is 11.1. The van der Waals surface area contributed by atoms with Gasteiger partial charge >= 0.3 is 0 Å². The molecule has 0 N–H and O–H groups in total. The number of hydrogen-bond donors (Lipinski definition) is 0. The molecule has 0 radical (unpaired) electrons. The van der Waals surface area contributed by atoms with Gasteiger partial charge in [-0.3, -0.25) is 4.79 Å². The zero-order valence-electron chi connectivity index (χ0n) is 21.6. The first-order valence-corrected chi connectivity index (χ1v) is 14.7. The average molecular weight is 489 g/mol. The summed E-state index contributed by atoms with van der Waals surface area (Å²) >= 11 is 1.67. The van der Waals surface area contributed by atoms with E-state index in [-0.39, 0.29) is 5.78 Å². The summed E-state index contributed by atoms with van der Waals surface area (Å²) in [5.41, 5.74) is 6.08. The van der Waals surface area contributed by atoms with E-state index >= 15 is 0 Å². The molecule has 0 atom stereocenters. The van der Waals surface area contributed by atoms with Gasteiger partial charge in [0.15, 0.2) is 5.78 Å². The van der Waals surface area contributed by atoms with E-state index in [4.69, 9.17) is 0 Å². The first-order valence-electron chi connectivity index (χ1n) is 13.9. The fourth-order valence-electron chi connectivity index (χ4n) is 5.05. The van der Waals surface area contributed by atoms with Gasteiger partial charge in [-0.1, -0.05) is 114 Å². The first kappa shape index (κ1) is 25.8. The number of carbonyl (C=O) groups excluding carboxylic acids is 1. The van der Waals surface area contributed by atoms with E-state index in [0.29, 0.717) is 0 Å². The molecule has 35 heavy (non-hydrogen) atoms. The number of rotatable bonds is 15. The van der Waals surface area contributed by atoms with E-state index in [2.05, 4.69) is 54.4 Å². The molecule has 4 heteroatoms. The minimum absolute atomic E-state index is 0.151. The topological polar surface area (TPSA) is 42.9 Å². The van der Waals surface area contributed by atoms with Crippen LogP contribution < -0.4 is 0 Å². The van der Waals surface area contributed by atoms with Gasteiger partial charge in [0.05, 0.1) is 0 Å². The zero-order valence-corrected chi connectivity index (χ0v) is 22.4. The summed E-state index contributed by atoms with van der Waals surface area (Å²) in [5.74, 6) is 0.151. The standard InChI is InChI=1S/C31H40N2OS/c1-3-5-7-9-11-13-15-23-17-19-25-26-20-18-24(22-28(26)30(34)27(25)21-23)31-33-32-29(35-31)16-14-12-10-8-6-4-2/h17-22H,3-16H2,1-2H3. The molecule has 2 aromatic carbocycles. The average Bonchev–Trinajstić information content (AvgIpc) is 3.46. The smallest absolute Gasteiger partial charge is 0.194 e. The molecular weight excluding hydrogens is 448 g/mol. The molecule has 1 heterocycles. The third-order valence-corrected chi connectivity index (χ3v) is 8.19. The molecule has 0 saturated carbocycles. The Morgan fingerprint density at radius 3 is 1.94 bits per heavy atom. The van der Waals surface area contributed by atoms with Crippen molar-refractivity contribution in [2.75, 3.05) is 0 Å². The van der Waals surface area contributed by atoms with Crippen LogP contribution in [-0.4, -0.2) is 16.0 Å². The van der Waals surface area contributed by atoms with Crippen LogP contribution in [0, 0.1) is 0 Å². The number of benzene rings is 2. The van der Waals surface area contributed by atoms with E-state index in [9.17, 15) is 4.79 Å². The second kappa shape index (κ2) is 13.1. The Morgan fingerprint density at radius 2 is 1.23 bits per heavy atom. The number of aryl methyl sites for hydroxylation is 2. The van der Waals surface area contributed by atoms with Gasteiger partial charge in [-0.15, -0.1) is 10.2 Å². The summed E-state index contributed by atoms with van der Waals surface area (Å²) in [6.07, 6.45) is 17.5. The molecule has 0 spiro atoms. The van der Waals surface area contributed by atoms with Gasteiger partial charge in [0.25, 0.3) is 0 Å². The van der Waals surface area contributed by atoms with Crippen LogP contribution in [-0.2, 0) is 12.8 Å². The Balaban J connectivity index is 1.36. The molecule has 0 bridgehead atoms. The number of carbonyl (C=O) groups is 1. The lowest BCUT2D eigenvalue weighted by Crippen LogP contribution is -1.97. The Kier molecular flexibility index (Phi) is 9.65. The molecule has 1 aliphatic rings. The van der Waals surface area contributed by atoms with Crippen molar-refractivity contribution in [1.29, 1.82) is 0 Å². The molecule has 3 aromatic rings. The van der Waals surface area contributed by atoms with E-state index in [1.54, 1.807) is 11.3 Å². The number of ketones is 1. The second-order valence-electron chi connectivity index (χ2n) is 10.0. The summed E-state index contributed by atoms with van der Waals surface area (Å²) in [5, 5.41) is 10.9. The molecule has 0 unspecified atom stereocenters. The SMILES string of the molecule is CCCCCCCCc1ccc2c(c1)C(=O)c1cc(-c3nnc(CCCCCCCC)s3)ccc1-2. The predicted molar refractivity (Wildman–Crippen MR) is 148 cm³/mol. The van der Waals surface area contributed by atoms with Crippen LogP contribution in [0.3, 0.4) is 0 Å². The summed E-state index contributed by atoms with van der Waals surface area (Å²) in [7, 11) is 0. The van der Waals surface area contributed by atoms with E-state index in [1.807, 2.05) is 6.07 Å². The fourth-order valence-corrected chi connectivity index (χ4v) is 5.93. The van der Waals surface area contributed by atoms with Gasteiger partial charge in [-0.2, -0.15) is 0 Å². The number of aromatic nitrogens is 2. The van der Waals surface area contributed by atoms with Crippen molar-refractivity contribution < 1.29 is 4.79 Å². The quantitative estimate of drug-likeness (QED) is 0.157. The third-order valence-electron chi connectivity index (χ3n) is 7.16. The van der Waals surface area contributed by atoms with Crippen molar-refractivity contribution >= 4 is 17.1 Å². The molecule has 1 aliphatic carbocycles. The largest absolute Gasteiger partial charge is 0.289 e. The normalized spacial score (nSPS) is 12.2. The molecular formula is C31H40N2OS. The van der Waals surface area contributed by atoms with Crippen molar-refractivity contribution in [1.82, 2.24) is 10.2 Å². The Bertz CT molecular complexity index is 1120. The summed E-state index contributed by atoms with van der Waals surface area (Å²) < 4.78 is 0. The van der Waals surface area contributed by atoms with Crippen molar-refractivity contribution in [3.8, 4) is 21.7 Å². The van der Waals surface area contributed by atoms with Crippen LogP contribution in [0.4, 0.5) is 0 Å². The first-order chi connectivity index (χ1) is 17.2. The maximum atomic E-state index is 13.3. The summed E-state index contributed by atoms with van der Waals surface area (Å²) in [4.78, 5) is 13.3. The highest BCUT2D eigenvalue weighted by molar-refractivity contribution is 7.14. The number of hydrogen-bond acceptors (Lipinski definition) is 4. The Hall–Kier alpha value is -2.33. The predicted octanol–water partition coefficient (Wildman–Crippen LogP) is 9.22. The number of fused-ring (bicyclic) bond motifs is 3. The minimum Gasteiger partial charge on any atom is -0.289 e. The van der Waals surface area contributed by atoms with Gasteiger partial charge in [-0.25, -0.2) is 0 Å². The molecule has 0 saturated heterocycles. The van der Waals surface area contributed by atoms with Gasteiger partial charge in [-0.05, 0) is 48.1 Å². The Labute approximate surface area is 215 Å². The molecule has 0 aliphatic heterocycles. The lowest BCUT2D eigenvalue weighted by molar-refractivity contribution is 0.104. The fraction of sp³-hybridized carbons (Fsp3) is 0.516. The van der Waals surface area contributed by atoms with E-state index < -0.39 is 0 Å². The van der Waals surface area contributed by atoms with Crippen molar-refractivity contribution in [3.63, 3.8) is 0 Å². The molecule has 0 fully saturated rings. The van der Waals surface area contributed by atoms with Crippen LogP contribution in [0.2, 0.25) is 0 Å². The number of unbranched alkanes of at least 4 members (excludes halogenated alkanes) is 10. The van der Waals surface area contributed by atoms with Gasteiger partial charge < -0.3 is 0 Å². The zero-order chi connectivity index (χ0) is 24.5. The molecule has 1 aromatic heterocycles. The lowest BCUT2D eigenvalue weighted by Gasteiger charge is -2.05. The van der Waals surface area contributed by atoms with Crippen molar-refractivity contribution in [3.05, 3.63) is 58.1 Å². The van der Waals surface area contributed by atoms with Gasteiger partial charge in [0.2, 0.25) is 0 Å². The van der Waals surface area contributed by atoms with Crippen LogP contribution in [0.1, 0.15) is 117 Å². The minimum atomic E-state index is 0.151. The highest BCUT2D eigenvalue weighted by Gasteiger charge is 2.27. The van der Waals surface area contributed by atoms with Crippen LogP contribution in [0.25, 0.3) is 21.7 Å².